The Labute approximate surface area is 160 Å². The highest BCUT2D eigenvalue weighted by Crippen LogP contribution is 2.48. The van der Waals surface area contributed by atoms with Crippen molar-refractivity contribution in [3.05, 3.63) is 71.8 Å². The van der Waals surface area contributed by atoms with Gasteiger partial charge in [0.1, 0.15) is 22.9 Å². The van der Waals surface area contributed by atoms with E-state index in [4.69, 9.17) is 14.2 Å². The molecule has 0 N–H and O–H groups in total. The molecule has 0 aromatic heterocycles. The van der Waals surface area contributed by atoms with E-state index >= 15 is 0 Å². The number of ether oxygens (including phenoxy) is 3. The van der Waals surface area contributed by atoms with Crippen LogP contribution in [0.1, 0.15) is 11.1 Å². The summed E-state index contributed by atoms with van der Waals surface area (Å²) in [5.41, 5.74) is 5.28. The van der Waals surface area contributed by atoms with Crippen LogP contribution in [-0.4, -0.2) is 21.3 Å². The number of aryl methyl sites for hydroxylation is 2. The van der Waals surface area contributed by atoms with E-state index in [9.17, 15) is 0 Å². The van der Waals surface area contributed by atoms with Crippen molar-refractivity contribution in [1.82, 2.24) is 0 Å². The molecule has 0 heterocycles. The summed E-state index contributed by atoms with van der Waals surface area (Å²) in [6.07, 6.45) is 0. The predicted octanol–water partition coefficient (Wildman–Crippen LogP) is 5.80. The van der Waals surface area contributed by atoms with Crippen molar-refractivity contribution in [2.45, 2.75) is 13.8 Å². The van der Waals surface area contributed by atoms with Gasteiger partial charge < -0.3 is 19.1 Å². The molecule has 140 valence electrons. The number of rotatable bonds is 6. The largest absolute Gasteiger partial charge is 0.496 e. The first-order valence-electron chi connectivity index (χ1n) is 8.81. The van der Waals surface area contributed by atoms with Gasteiger partial charge in [0, 0.05) is 23.5 Å². The lowest BCUT2D eigenvalue weighted by Crippen LogP contribution is -2.13. The minimum absolute atomic E-state index is 0.673. The maximum absolute atomic E-state index is 5.70. The van der Waals surface area contributed by atoms with Crippen LogP contribution in [0.25, 0.3) is 0 Å². The number of nitrogens with zero attached hydrogens (tertiary/aromatic N) is 1. The lowest BCUT2D eigenvalue weighted by molar-refractivity contribution is 0.377. The van der Waals surface area contributed by atoms with E-state index in [-0.39, 0.29) is 0 Å². The average Bonchev–Trinajstić information content (AvgIpc) is 2.70. The highest BCUT2D eigenvalue weighted by atomic mass is 16.5. The normalized spacial score (nSPS) is 10.4. The Kier molecular flexibility index (Phi) is 5.55. The second kappa shape index (κ2) is 8.04. The van der Waals surface area contributed by atoms with Gasteiger partial charge in [-0.05, 0) is 38.1 Å². The summed E-state index contributed by atoms with van der Waals surface area (Å²) in [6, 6.07) is 20.5. The third-order valence-corrected chi connectivity index (χ3v) is 4.50. The standard InChI is InChI=1S/C23H25NO3/c1-16-6-10-18(11-7-16)24(19-12-8-17(2)9-13-19)23-21(26-4)14-20(25-3)15-22(23)27-5/h6-15H,1-5H3. The Morgan fingerprint density at radius 2 is 1.00 bits per heavy atom. The molecule has 0 unspecified atom stereocenters. The van der Waals surface area contributed by atoms with E-state index in [1.165, 1.54) is 11.1 Å². The van der Waals surface area contributed by atoms with Crippen LogP contribution >= 0.6 is 0 Å². The Morgan fingerprint density at radius 1 is 0.593 bits per heavy atom. The Hall–Kier alpha value is -3.14. The van der Waals surface area contributed by atoms with Crippen LogP contribution < -0.4 is 19.1 Å². The van der Waals surface area contributed by atoms with E-state index in [2.05, 4.69) is 67.3 Å². The van der Waals surface area contributed by atoms with Crippen molar-refractivity contribution in [2.24, 2.45) is 0 Å². The first kappa shape index (κ1) is 18.6. The number of hydrogen-bond donors (Lipinski definition) is 0. The maximum Gasteiger partial charge on any atom is 0.150 e. The molecular weight excluding hydrogens is 338 g/mol. The van der Waals surface area contributed by atoms with Crippen LogP contribution in [0, 0.1) is 13.8 Å². The minimum atomic E-state index is 0.673. The molecular formula is C23H25NO3. The first-order chi connectivity index (χ1) is 13.1. The molecule has 0 bridgehead atoms. The summed E-state index contributed by atoms with van der Waals surface area (Å²) in [5.74, 6) is 2.03. The summed E-state index contributed by atoms with van der Waals surface area (Å²) >= 11 is 0. The smallest absolute Gasteiger partial charge is 0.150 e. The summed E-state index contributed by atoms with van der Waals surface area (Å²) in [5, 5.41) is 0. The number of methoxy groups -OCH3 is 3. The quantitative estimate of drug-likeness (QED) is 0.554. The van der Waals surface area contributed by atoms with Crippen LogP contribution in [-0.2, 0) is 0 Å². The molecule has 0 saturated carbocycles. The highest BCUT2D eigenvalue weighted by molar-refractivity contribution is 5.85. The van der Waals surface area contributed by atoms with Crippen molar-refractivity contribution >= 4 is 17.1 Å². The summed E-state index contributed by atoms with van der Waals surface area (Å²) in [7, 11) is 4.94. The molecule has 3 aromatic rings. The first-order valence-corrected chi connectivity index (χ1v) is 8.81. The molecule has 0 fully saturated rings. The molecule has 3 aromatic carbocycles. The van der Waals surface area contributed by atoms with E-state index in [1.54, 1.807) is 21.3 Å². The van der Waals surface area contributed by atoms with Crippen LogP contribution in [0.4, 0.5) is 17.1 Å². The second-order valence-corrected chi connectivity index (χ2v) is 6.39. The van der Waals surface area contributed by atoms with Crippen LogP contribution in [0.5, 0.6) is 17.2 Å². The third kappa shape index (κ3) is 3.85. The summed E-state index contributed by atoms with van der Waals surface area (Å²) < 4.78 is 16.8. The average molecular weight is 363 g/mol. The Balaban J connectivity index is 2.27. The molecule has 0 radical (unpaired) electrons. The summed E-state index contributed by atoms with van der Waals surface area (Å²) in [6.45, 7) is 4.16. The van der Waals surface area contributed by atoms with Crippen molar-refractivity contribution in [3.63, 3.8) is 0 Å². The fraction of sp³-hybridized carbons (Fsp3) is 0.217. The number of anilines is 3. The van der Waals surface area contributed by atoms with Crippen molar-refractivity contribution < 1.29 is 14.2 Å². The van der Waals surface area contributed by atoms with Gasteiger partial charge in [-0.2, -0.15) is 0 Å². The molecule has 0 saturated heterocycles. The molecule has 0 aliphatic heterocycles. The lowest BCUT2D eigenvalue weighted by Gasteiger charge is -2.29. The van der Waals surface area contributed by atoms with Gasteiger partial charge in [0.25, 0.3) is 0 Å². The fourth-order valence-electron chi connectivity index (χ4n) is 3.00. The Bertz CT molecular complexity index is 831. The van der Waals surface area contributed by atoms with E-state index < -0.39 is 0 Å². The SMILES string of the molecule is COc1cc(OC)c(N(c2ccc(C)cc2)c2ccc(C)cc2)c(OC)c1. The van der Waals surface area contributed by atoms with Gasteiger partial charge in [0.15, 0.2) is 0 Å². The van der Waals surface area contributed by atoms with Crippen molar-refractivity contribution in [1.29, 1.82) is 0 Å². The Morgan fingerprint density at radius 3 is 1.33 bits per heavy atom. The molecule has 0 spiro atoms. The van der Waals surface area contributed by atoms with Gasteiger partial charge in [-0.15, -0.1) is 0 Å². The molecule has 4 heteroatoms. The van der Waals surface area contributed by atoms with Gasteiger partial charge >= 0.3 is 0 Å². The molecule has 0 aliphatic rings. The highest BCUT2D eigenvalue weighted by Gasteiger charge is 2.22. The maximum atomic E-state index is 5.70. The molecule has 0 atom stereocenters. The topological polar surface area (TPSA) is 30.9 Å². The van der Waals surface area contributed by atoms with E-state index in [0.717, 1.165) is 17.1 Å². The predicted molar refractivity (Wildman–Crippen MR) is 110 cm³/mol. The third-order valence-electron chi connectivity index (χ3n) is 4.50. The van der Waals surface area contributed by atoms with Crippen LogP contribution in [0.2, 0.25) is 0 Å². The molecule has 0 aliphatic carbocycles. The zero-order chi connectivity index (χ0) is 19.4. The molecule has 4 nitrogen and oxygen atoms in total. The van der Waals surface area contributed by atoms with Gasteiger partial charge in [-0.25, -0.2) is 0 Å². The molecule has 0 amide bonds. The van der Waals surface area contributed by atoms with Crippen molar-refractivity contribution in [3.8, 4) is 17.2 Å². The second-order valence-electron chi connectivity index (χ2n) is 6.39. The fourth-order valence-corrected chi connectivity index (χ4v) is 3.00. The van der Waals surface area contributed by atoms with E-state index in [0.29, 0.717) is 17.2 Å². The number of hydrogen-bond acceptors (Lipinski definition) is 4. The minimum Gasteiger partial charge on any atom is -0.496 e. The summed E-state index contributed by atoms with van der Waals surface area (Å²) in [4.78, 5) is 2.13. The zero-order valence-corrected chi connectivity index (χ0v) is 16.4. The van der Waals surface area contributed by atoms with Crippen LogP contribution in [0.15, 0.2) is 60.7 Å². The number of benzene rings is 3. The van der Waals surface area contributed by atoms with E-state index in [1.807, 2.05) is 12.1 Å². The van der Waals surface area contributed by atoms with Gasteiger partial charge in [0.2, 0.25) is 0 Å². The van der Waals surface area contributed by atoms with Gasteiger partial charge in [-0.3, -0.25) is 0 Å². The van der Waals surface area contributed by atoms with Crippen LogP contribution in [0.3, 0.4) is 0 Å². The zero-order valence-electron chi connectivity index (χ0n) is 16.4. The molecule has 3 rings (SSSR count). The lowest BCUT2D eigenvalue weighted by atomic mass is 10.1. The van der Waals surface area contributed by atoms with Gasteiger partial charge in [0.05, 0.1) is 21.3 Å². The van der Waals surface area contributed by atoms with Crippen molar-refractivity contribution in [2.75, 3.05) is 26.2 Å². The van der Waals surface area contributed by atoms with Gasteiger partial charge in [-0.1, -0.05) is 35.4 Å². The molecule has 27 heavy (non-hydrogen) atoms. The monoisotopic (exact) mass is 363 g/mol.